The molecular formula is C30H28N2. The molecule has 4 aromatic rings. The molecule has 5 rings (SSSR count). The van der Waals surface area contributed by atoms with Crippen LogP contribution in [-0.2, 0) is 5.54 Å². The number of unbranched alkanes of at least 4 members (excludes halogenated alkanes) is 1. The standard InChI is InChI=1S/C30H28N2/c1-2-3-7-14-24-21-28(24)29-22-32(23-31-29)30(25-15-8-4-9-16-25,26-17-10-5-11-18-26)27-19-12-6-13-20-27/h4-6,8-13,15-20,22-24,28H,2-3,21H2,1H3. The van der Waals surface area contributed by atoms with Gasteiger partial charge < -0.3 is 4.57 Å². The van der Waals surface area contributed by atoms with Gasteiger partial charge in [-0.15, -0.1) is 5.92 Å². The SMILES string of the molecule is CCCC#CC1CC1c1cn(C(c2ccccc2)(c2ccccc2)c2ccccc2)cn1. The normalized spacial score (nSPS) is 17.4. The lowest BCUT2D eigenvalue weighted by atomic mass is 9.77. The van der Waals surface area contributed by atoms with Crippen LogP contribution < -0.4 is 0 Å². The minimum Gasteiger partial charge on any atom is -0.319 e. The van der Waals surface area contributed by atoms with Crippen LogP contribution in [0.3, 0.4) is 0 Å². The van der Waals surface area contributed by atoms with Crippen LogP contribution in [0, 0.1) is 17.8 Å². The Morgan fingerprint density at radius 1 is 0.844 bits per heavy atom. The van der Waals surface area contributed by atoms with Crippen LogP contribution in [0.5, 0.6) is 0 Å². The van der Waals surface area contributed by atoms with Crippen molar-refractivity contribution in [2.45, 2.75) is 37.6 Å². The number of nitrogens with zero attached hydrogens (tertiary/aromatic N) is 2. The number of hydrogen-bond donors (Lipinski definition) is 0. The van der Waals surface area contributed by atoms with Crippen LogP contribution in [-0.4, -0.2) is 9.55 Å². The van der Waals surface area contributed by atoms with E-state index in [9.17, 15) is 0 Å². The zero-order chi connectivity index (χ0) is 21.8. The third-order valence-electron chi connectivity index (χ3n) is 6.40. The molecule has 2 unspecified atom stereocenters. The summed E-state index contributed by atoms with van der Waals surface area (Å²) in [5.41, 5.74) is 4.31. The first-order chi connectivity index (χ1) is 15.8. The molecule has 0 N–H and O–H groups in total. The van der Waals surface area contributed by atoms with Gasteiger partial charge in [0.25, 0.3) is 0 Å². The van der Waals surface area contributed by atoms with Crippen LogP contribution >= 0.6 is 0 Å². The second-order valence-corrected chi connectivity index (χ2v) is 8.53. The van der Waals surface area contributed by atoms with Crippen LogP contribution in [0.2, 0.25) is 0 Å². The van der Waals surface area contributed by atoms with Crippen molar-refractivity contribution in [3.8, 4) is 11.8 Å². The highest BCUT2D eigenvalue weighted by Crippen LogP contribution is 2.48. The number of imidazole rings is 1. The highest BCUT2D eigenvalue weighted by atomic mass is 15.1. The summed E-state index contributed by atoms with van der Waals surface area (Å²) in [4.78, 5) is 4.89. The summed E-state index contributed by atoms with van der Waals surface area (Å²) in [7, 11) is 0. The molecule has 1 saturated carbocycles. The van der Waals surface area contributed by atoms with E-state index >= 15 is 0 Å². The van der Waals surface area contributed by atoms with Crippen LogP contribution in [0.1, 0.15) is 54.5 Å². The second-order valence-electron chi connectivity index (χ2n) is 8.53. The van der Waals surface area contributed by atoms with Crippen LogP contribution in [0.4, 0.5) is 0 Å². The third kappa shape index (κ3) is 3.65. The Morgan fingerprint density at radius 3 is 1.88 bits per heavy atom. The van der Waals surface area contributed by atoms with E-state index < -0.39 is 5.54 Å². The van der Waals surface area contributed by atoms with Crippen molar-refractivity contribution in [2.24, 2.45) is 5.92 Å². The van der Waals surface area contributed by atoms with Crippen molar-refractivity contribution in [2.75, 3.05) is 0 Å². The molecule has 1 aromatic heterocycles. The largest absolute Gasteiger partial charge is 0.319 e. The first-order valence-electron chi connectivity index (χ1n) is 11.5. The van der Waals surface area contributed by atoms with Gasteiger partial charge in [-0.1, -0.05) is 104 Å². The summed E-state index contributed by atoms with van der Waals surface area (Å²) < 4.78 is 2.30. The van der Waals surface area contributed by atoms with E-state index in [0.717, 1.165) is 25.0 Å². The Balaban J connectivity index is 1.65. The molecule has 2 atom stereocenters. The van der Waals surface area contributed by atoms with E-state index in [1.807, 2.05) is 6.33 Å². The number of rotatable bonds is 6. The minimum absolute atomic E-state index is 0.445. The Hall–Kier alpha value is -3.57. The summed E-state index contributed by atoms with van der Waals surface area (Å²) in [6, 6.07) is 32.3. The lowest BCUT2D eigenvalue weighted by molar-refractivity contribution is 0.514. The average molecular weight is 417 g/mol. The highest BCUT2D eigenvalue weighted by molar-refractivity contribution is 5.50. The predicted octanol–water partition coefficient (Wildman–Crippen LogP) is 6.63. The molecule has 0 aliphatic heterocycles. The van der Waals surface area contributed by atoms with Gasteiger partial charge in [-0.2, -0.15) is 0 Å². The predicted molar refractivity (Wildman–Crippen MR) is 130 cm³/mol. The molecule has 1 aliphatic carbocycles. The Morgan fingerprint density at radius 2 is 1.38 bits per heavy atom. The van der Waals surface area contributed by atoms with Gasteiger partial charge in [0, 0.05) is 24.5 Å². The smallest absolute Gasteiger partial charge is 0.121 e. The quantitative estimate of drug-likeness (QED) is 0.255. The molecule has 32 heavy (non-hydrogen) atoms. The van der Waals surface area contributed by atoms with Gasteiger partial charge in [0.2, 0.25) is 0 Å². The van der Waals surface area contributed by atoms with Crippen molar-refractivity contribution >= 4 is 0 Å². The molecule has 0 spiro atoms. The monoisotopic (exact) mass is 416 g/mol. The third-order valence-corrected chi connectivity index (χ3v) is 6.40. The van der Waals surface area contributed by atoms with Crippen molar-refractivity contribution in [1.29, 1.82) is 0 Å². The summed E-state index contributed by atoms with van der Waals surface area (Å²) in [6.45, 7) is 2.18. The van der Waals surface area contributed by atoms with Crippen molar-refractivity contribution < 1.29 is 0 Å². The maximum atomic E-state index is 4.89. The van der Waals surface area contributed by atoms with E-state index in [2.05, 4.69) is 121 Å². The minimum atomic E-state index is -0.493. The topological polar surface area (TPSA) is 17.8 Å². The highest BCUT2D eigenvalue weighted by Gasteiger charge is 2.42. The number of hydrogen-bond acceptors (Lipinski definition) is 1. The first kappa shape index (κ1) is 20.3. The second kappa shape index (κ2) is 8.89. The maximum Gasteiger partial charge on any atom is 0.121 e. The lowest BCUT2D eigenvalue weighted by Crippen LogP contribution is -2.36. The van der Waals surface area contributed by atoms with Gasteiger partial charge >= 0.3 is 0 Å². The van der Waals surface area contributed by atoms with Crippen LogP contribution in [0.25, 0.3) is 0 Å². The van der Waals surface area contributed by atoms with Crippen molar-refractivity contribution in [3.05, 3.63) is 126 Å². The summed E-state index contributed by atoms with van der Waals surface area (Å²) >= 11 is 0. The zero-order valence-electron chi connectivity index (χ0n) is 18.5. The summed E-state index contributed by atoms with van der Waals surface area (Å²) in [6.07, 6.45) is 7.47. The molecule has 0 bridgehead atoms. The van der Waals surface area contributed by atoms with Gasteiger partial charge in [-0.3, -0.25) is 0 Å². The molecule has 0 radical (unpaired) electrons. The van der Waals surface area contributed by atoms with E-state index in [4.69, 9.17) is 4.98 Å². The van der Waals surface area contributed by atoms with Gasteiger partial charge in [0.05, 0.1) is 12.0 Å². The van der Waals surface area contributed by atoms with E-state index in [-0.39, 0.29) is 0 Å². The first-order valence-corrected chi connectivity index (χ1v) is 11.5. The Kier molecular flexibility index (Phi) is 5.65. The average Bonchev–Trinajstić information content (AvgIpc) is 3.47. The van der Waals surface area contributed by atoms with Gasteiger partial charge in [-0.05, 0) is 29.5 Å². The molecule has 1 heterocycles. The molecular weight excluding hydrogens is 388 g/mol. The molecule has 1 aliphatic rings. The van der Waals surface area contributed by atoms with Gasteiger partial charge in [0.1, 0.15) is 5.54 Å². The van der Waals surface area contributed by atoms with E-state index in [1.54, 1.807) is 0 Å². The molecule has 0 saturated heterocycles. The molecule has 3 aromatic carbocycles. The maximum absolute atomic E-state index is 4.89. The molecule has 2 nitrogen and oxygen atoms in total. The Labute approximate surface area is 191 Å². The van der Waals surface area contributed by atoms with Crippen molar-refractivity contribution in [1.82, 2.24) is 9.55 Å². The molecule has 1 fully saturated rings. The lowest BCUT2D eigenvalue weighted by Gasteiger charge is -2.37. The van der Waals surface area contributed by atoms with Gasteiger partial charge in [-0.25, -0.2) is 4.98 Å². The van der Waals surface area contributed by atoms with E-state index in [1.165, 1.54) is 16.7 Å². The van der Waals surface area contributed by atoms with Gasteiger partial charge in [0.15, 0.2) is 0 Å². The zero-order valence-corrected chi connectivity index (χ0v) is 18.5. The fourth-order valence-corrected chi connectivity index (χ4v) is 4.71. The fraction of sp³-hybridized carbons (Fsp3) is 0.233. The van der Waals surface area contributed by atoms with E-state index in [0.29, 0.717) is 11.8 Å². The molecule has 158 valence electrons. The molecule has 0 amide bonds. The Bertz CT molecular complexity index is 1120. The van der Waals surface area contributed by atoms with Crippen LogP contribution in [0.15, 0.2) is 104 Å². The fourth-order valence-electron chi connectivity index (χ4n) is 4.71. The summed E-state index contributed by atoms with van der Waals surface area (Å²) in [5, 5.41) is 0. The number of aromatic nitrogens is 2. The number of benzene rings is 3. The summed E-state index contributed by atoms with van der Waals surface area (Å²) in [5.74, 6) is 7.67. The molecule has 2 heteroatoms. The van der Waals surface area contributed by atoms with Crippen molar-refractivity contribution in [3.63, 3.8) is 0 Å².